The van der Waals surface area contributed by atoms with Crippen LogP contribution in [0.25, 0.3) is 0 Å². The highest BCUT2D eigenvalue weighted by atomic mass is 16.5. The van der Waals surface area contributed by atoms with Gasteiger partial charge in [0.2, 0.25) is 0 Å². The van der Waals surface area contributed by atoms with E-state index < -0.39 is 0 Å². The molecule has 0 aromatic rings. The molecule has 0 aromatic carbocycles. The van der Waals surface area contributed by atoms with Crippen LogP contribution in [0.1, 0.15) is 19.8 Å². The first-order chi connectivity index (χ1) is 6.53. The molecule has 0 aliphatic carbocycles. The molecule has 4 nitrogen and oxygen atoms in total. The van der Waals surface area contributed by atoms with Gasteiger partial charge in [0.05, 0.1) is 13.5 Å². The molecule has 1 aliphatic rings. The number of carbonyl (C=O) groups is 1. The lowest BCUT2D eigenvalue weighted by Crippen LogP contribution is -2.46. The minimum absolute atomic E-state index is 0.0960. The quantitative estimate of drug-likeness (QED) is 0.662. The lowest BCUT2D eigenvalue weighted by Gasteiger charge is -2.27. The maximum absolute atomic E-state index is 11.3. The smallest absolute Gasteiger partial charge is 0.307 e. The molecular formula is C10H20N2O2. The summed E-state index contributed by atoms with van der Waals surface area (Å²) in [7, 11) is 5.43. The van der Waals surface area contributed by atoms with E-state index in [0.717, 1.165) is 13.0 Å². The number of esters is 1. The van der Waals surface area contributed by atoms with Gasteiger partial charge in [0, 0.05) is 18.1 Å². The highest BCUT2D eigenvalue weighted by molar-refractivity contribution is 5.70. The van der Waals surface area contributed by atoms with Crippen molar-refractivity contribution in [1.29, 1.82) is 0 Å². The van der Waals surface area contributed by atoms with Gasteiger partial charge >= 0.3 is 5.97 Å². The van der Waals surface area contributed by atoms with Crippen molar-refractivity contribution < 1.29 is 9.53 Å². The second kappa shape index (κ2) is 4.28. The third-order valence-corrected chi connectivity index (χ3v) is 3.23. The van der Waals surface area contributed by atoms with Crippen molar-refractivity contribution in [3.8, 4) is 0 Å². The largest absolute Gasteiger partial charge is 0.469 e. The van der Waals surface area contributed by atoms with Gasteiger partial charge in [-0.2, -0.15) is 0 Å². The summed E-state index contributed by atoms with van der Waals surface area (Å²) < 4.78 is 4.71. The van der Waals surface area contributed by atoms with Crippen molar-refractivity contribution in [2.24, 2.45) is 0 Å². The Morgan fingerprint density at radius 2 is 2.36 bits per heavy atom. The summed E-state index contributed by atoms with van der Waals surface area (Å²) in [6.45, 7) is 3.08. The Kier molecular flexibility index (Phi) is 3.50. The minimum atomic E-state index is -0.137. The van der Waals surface area contributed by atoms with E-state index in [2.05, 4.69) is 24.2 Å². The zero-order valence-corrected chi connectivity index (χ0v) is 9.46. The summed E-state index contributed by atoms with van der Waals surface area (Å²) in [6, 6.07) is 0.520. The summed E-state index contributed by atoms with van der Waals surface area (Å²) in [4.78, 5) is 13.5. The number of hydrogen-bond donors (Lipinski definition) is 1. The van der Waals surface area contributed by atoms with Gasteiger partial charge in [-0.05, 0) is 27.4 Å². The molecule has 1 fully saturated rings. The molecule has 1 saturated heterocycles. The van der Waals surface area contributed by atoms with Crippen LogP contribution >= 0.6 is 0 Å². The fourth-order valence-electron chi connectivity index (χ4n) is 2.17. The monoisotopic (exact) mass is 200 g/mol. The van der Waals surface area contributed by atoms with E-state index in [4.69, 9.17) is 4.74 Å². The average Bonchev–Trinajstić information content (AvgIpc) is 2.43. The number of likely N-dealkylation sites (tertiary alicyclic amines) is 1. The van der Waals surface area contributed by atoms with Crippen molar-refractivity contribution >= 4 is 5.97 Å². The summed E-state index contributed by atoms with van der Waals surface area (Å²) in [6.07, 6.45) is 1.45. The van der Waals surface area contributed by atoms with Crippen LogP contribution in [0.5, 0.6) is 0 Å². The maximum Gasteiger partial charge on any atom is 0.307 e. The summed E-state index contributed by atoms with van der Waals surface area (Å²) >= 11 is 0. The Hall–Kier alpha value is -0.610. The summed E-state index contributed by atoms with van der Waals surface area (Å²) in [5.41, 5.74) is -0.0960. The van der Waals surface area contributed by atoms with Crippen LogP contribution in [0.15, 0.2) is 0 Å². The molecule has 0 bridgehead atoms. The van der Waals surface area contributed by atoms with Gasteiger partial charge < -0.3 is 15.0 Å². The van der Waals surface area contributed by atoms with Gasteiger partial charge in [-0.25, -0.2) is 0 Å². The predicted octanol–water partition coefficient (Wildman–Crippen LogP) is 0.232. The van der Waals surface area contributed by atoms with Gasteiger partial charge in [-0.15, -0.1) is 0 Å². The molecule has 2 unspecified atom stereocenters. The van der Waals surface area contributed by atoms with Gasteiger partial charge in [0.15, 0.2) is 0 Å². The highest BCUT2D eigenvalue weighted by Gasteiger charge is 2.41. The molecule has 0 amide bonds. The van der Waals surface area contributed by atoms with Gasteiger partial charge in [-0.3, -0.25) is 4.79 Å². The van der Waals surface area contributed by atoms with Crippen molar-refractivity contribution in [3.05, 3.63) is 0 Å². The fourth-order valence-corrected chi connectivity index (χ4v) is 2.17. The van der Waals surface area contributed by atoms with E-state index in [0.29, 0.717) is 12.5 Å². The molecular weight excluding hydrogens is 180 g/mol. The Labute approximate surface area is 85.6 Å². The molecule has 1 rings (SSSR count). The van der Waals surface area contributed by atoms with Crippen molar-refractivity contribution in [2.75, 3.05) is 27.7 Å². The van der Waals surface area contributed by atoms with Crippen LogP contribution in [0.2, 0.25) is 0 Å². The Morgan fingerprint density at radius 3 is 2.71 bits per heavy atom. The van der Waals surface area contributed by atoms with Gasteiger partial charge in [0.25, 0.3) is 0 Å². The molecule has 14 heavy (non-hydrogen) atoms. The van der Waals surface area contributed by atoms with Crippen LogP contribution in [0.4, 0.5) is 0 Å². The van der Waals surface area contributed by atoms with E-state index in [1.165, 1.54) is 7.11 Å². The first-order valence-corrected chi connectivity index (χ1v) is 4.99. The standard InChI is InChI=1S/C10H20N2O2/c1-8-5-10(11-2,7-12(8)3)6-9(13)14-4/h8,11H,5-7H2,1-4H3. The van der Waals surface area contributed by atoms with Crippen LogP contribution in [0, 0.1) is 0 Å². The SMILES string of the molecule is CNC1(CC(=O)OC)CC(C)N(C)C1. The number of hydrogen-bond acceptors (Lipinski definition) is 4. The first kappa shape index (κ1) is 11.5. The number of nitrogens with zero attached hydrogens (tertiary/aromatic N) is 1. The fraction of sp³-hybridized carbons (Fsp3) is 0.900. The van der Waals surface area contributed by atoms with E-state index in [1.807, 2.05) is 7.05 Å². The summed E-state index contributed by atoms with van der Waals surface area (Å²) in [5.74, 6) is -0.137. The lowest BCUT2D eigenvalue weighted by molar-refractivity contribution is -0.142. The van der Waals surface area contributed by atoms with E-state index in [-0.39, 0.29) is 11.5 Å². The zero-order chi connectivity index (χ0) is 10.8. The average molecular weight is 200 g/mol. The number of carbonyl (C=O) groups excluding carboxylic acids is 1. The molecule has 0 aromatic heterocycles. The topological polar surface area (TPSA) is 41.6 Å². The predicted molar refractivity (Wildman–Crippen MR) is 55.1 cm³/mol. The Morgan fingerprint density at radius 1 is 1.71 bits per heavy atom. The highest BCUT2D eigenvalue weighted by Crippen LogP contribution is 2.28. The first-order valence-electron chi connectivity index (χ1n) is 4.99. The third-order valence-electron chi connectivity index (χ3n) is 3.23. The molecule has 2 atom stereocenters. The van der Waals surface area contributed by atoms with E-state index in [9.17, 15) is 4.79 Å². The molecule has 4 heteroatoms. The Balaban J connectivity index is 2.64. The third kappa shape index (κ3) is 2.25. The summed E-state index contributed by atoms with van der Waals surface area (Å²) in [5, 5.41) is 3.26. The molecule has 1 heterocycles. The van der Waals surface area contributed by atoms with E-state index >= 15 is 0 Å². The number of rotatable bonds is 3. The molecule has 0 saturated carbocycles. The van der Waals surface area contributed by atoms with Gasteiger partial charge in [0.1, 0.15) is 0 Å². The van der Waals surface area contributed by atoms with Gasteiger partial charge in [-0.1, -0.05) is 0 Å². The van der Waals surface area contributed by atoms with Crippen LogP contribution < -0.4 is 5.32 Å². The van der Waals surface area contributed by atoms with E-state index in [1.54, 1.807) is 0 Å². The van der Waals surface area contributed by atoms with Crippen LogP contribution in [0.3, 0.4) is 0 Å². The number of likely N-dealkylation sites (N-methyl/N-ethyl adjacent to an activating group) is 2. The minimum Gasteiger partial charge on any atom is -0.469 e. The van der Waals surface area contributed by atoms with Crippen molar-refractivity contribution in [1.82, 2.24) is 10.2 Å². The molecule has 1 aliphatic heterocycles. The normalized spacial score (nSPS) is 33.3. The second-order valence-corrected chi connectivity index (χ2v) is 4.25. The number of methoxy groups -OCH3 is 1. The molecule has 0 radical (unpaired) electrons. The maximum atomic E-state index is 11.3. The lowest BCUT2D eigenvalue weighted by atomic mass is 9.92. The molecule has 1 N–H and O–H groups in total. The van der Waals surface area contributed by atoms with Crippen molar-refractivity contribution in [2.45, 2.75) is 31.3 Å². The van der Waals surface area contributed by atoms with Crippen LogP contribution in [-0.2, 0) is 9.53 Å². The van der Waals surface area contributed by atoms with Crippen molar-refractivity contribution in [3.63, 3.8) is 0 Å². The van der Waals surface area contributed by atoms with Crippen LogP contribution in [-0.4, -0.2) is 50.2 Å². The molecule has 0 spiro atoms. The Bertz CT molecular complexity index is 208. The molecule has 82 valence electrons. The number of ether oxygens (including phenoxy) is 1. The zero-order valence-electron chi connectivity index (χ0n) is 9.46. The second-order valence-electron chi connectivity index (χ2n) is 4.25. The number of nitrogens with one attached hydrogen (secondary N) is 1.